The van der Waals surface area contributed by atoms with Crippen molar-refractivity contribution in [2.24, 2.45) is 17.8 Å². The minimum Gasteiger partial charge on any atom is -0.426 e. The summed E-state index contributed by atoms with van der Waals surface area (Å²) in [6.07, 6.45) is 4.53. The van der Waals surface area contributed by atoms with Crippen LogP contribution >= 0.6 is 0 Å². The predicted octanol–water partition coefficient (Wildman–Crippen LogP) is 5.10. The van der Waals surface area contributed by atoms with Gasteiger partial charge in [0.2, 0.25) is 0 Å². The van der Waals surface area contributed by atoms with Gasteiger partial charge in [-0.15, -0.1) is 0 Å². The molecule has 1 aromatic rings. The fraction of sp³-hybridized carbons (Fsp3) is 0.652. The number of piperidine rings is 1. The van der Waals surface area contributed by atoms with E-state index in [-0.39, 0.29) is 11.9 Å². The lowest BCUT2D eigenvalue weighted by Gasteiger charge is -2.33. The summed E-state index contributed by atoms with van der Waals surface area (Å²) in [6, 6.07) is 5.58. The number of hydrogen-bond acceptors (Lipinski definition) is 3. The summed E-state index contributed by atoms with van der Waals surface area (Å²) in [4.78, 5) is 26.7. The third-order valence-electron chi connectivity index (χ3n) is 5.16. The highest BCUT2D eigenvalue weighted by Gasteiger charge is 2.25. The van der Waals surface area contributed by atoms with E-state index in [0.29, 0.717) is 29.6 Å². The van der Waals surface area contributed by atoms with Gasteiger partial charge in [-0.25, -0.2) is 0 Å². The minimum absolute atomic E-state index is 0.0443. The van der Waals surface area contributed by atoms with Gasteiger partial charge in [-0.05, 0) is 61.1 Å². The molecule has 1 heterocycles. The van der Waals surface area contributed by atoms with Gasteiger partial charge in [0.1, 0.15) is 5.75 Å². The smallest absolute Gasteiger partial charge is 0.310 e. The van der Waals surface area contributed by atoms with Crippen LogP contribution in [0, 0.1) is 17.8 Å². The molecule has 0 atom stereocenters. The van der Waals surface area contributed by atoms with Gasteiger partial charge >= 0.3 is 5.97 Å². The van der Waals surface area contributed by atoms with Crippen LogP contribution in [0.15, 0.2) is 18.2 Å². The average Bonchev–Trinajstić information content (AvgIpc) is 2.62. The molecule has 0 unspecified atom stereocenters. The molecular weight excluding hydrogens is 338 g/mol. The molecule has 0 N–H and O–H groups in total. The maximum atomic E-state index is 13.0. The van der Waals surface area contributed by atoms with E-state index in [2.05, 4.69) is 27.7 Å². The highest BCUT2D eigenvalue weighted by molar-refractivity contribution is 5.95. The van der Waals surface area contributed by atoms with E-state index in [1.807, 2.05) is 17.0 Å². The van der Waals surface area contributed by atoms with Crippen molar-refractivity contribution in [2.75, 3.05) is 13.1 Å². The Morgan fingerprint density at radius 1 is 1.11 bits per heavy atom. The van der Waals surface area contributed by atoms with Gasteiger partial charge in [-0.3, -0.25) is 9.59 Å². The largest absolute Gasteiger partial charge is 0.426 e. The monoisotopic (exact) mass is 373 g/mol. The molecule has 1 fully saturated rings. The van der Waals surface area contributed by atoms with Crippen LogP contribution in [0.3, 0.4) is 0 Å². The van der Waals surface area contributed by atoms with Gasteiger partial charge in [-0.1, -0.05) is 40.7 Å². The zero-order valence-corrected chi connectivity index (χ0v) is 17.6. The van der Waals surface area contributed by atoms with E-state index in [1.165, 1.54) is 6.42 Å². The van der Waals surface area contributed by atoms with Crippen molar-refractivity contribution < 1.29 is 14.3 Å². The number of esters is 1. The van der Waals surface area contributed by atoms with Gasteiger partial charge in [0.15, 0.2) is 0 Å². The van der Waals surface area contributed by atoms with E-state index in [4.69, 9.17) is 4.74 Å². The molecule has 0 spiro atoms. The second kappa shape index (κ2) is 9.91. The van der Waals surface area contributed by atoms with Crippen LogP contribution in [0.2, 0.25) is 0 Å². The summed E-state index contributed by atoms with van der Waals surface area (Å²) in [7, 11) is 0. The molecule has 0 saturated carbocycles. The topological polar surface area (TPSA) is 46.6 Å². The Hall–Kier alpha value is -1.84. The van der Waals surface area contributed by atoms with Crippen molar-refractivity contribution in [3.05, 3.63) is 29.3 Å². The fourth-order valence-electron chi connectivity index (χ4n) is 3.81. The lowest BCUT2D eigenvalue weighted by molar-refractivity contribution is -0.134. The normalized spacial score (nSPS) is 15.4. The van der Waals surface area contributed by atoms with Crippen LogP contribution in [-0.4, -0.2) is 29.9 Å². The molecule has 4 nitrogen and oxygen atoms in total. The van der Waals surface area contributed by atoms with Crippen molar-refractivity contribution in [3.63, 3.8) is 0 Å². The van der Waals surface area contributed by atoms with Gasteiger partial charge in [0.25, 0.3) is 5.91 Å². The lowest BCUT2D eigenvalue weighted by atomic mass is 9.88. The first-order valence-electron chi connectivity index (χ1n) is 10.4. The molecule has 1 amide bonds. The predicted molar refractivity (Wildman–Crippen MR) is 109 cm³/mol. The molecule has 0 bridgehead atoms. The standard InChI is InChI=1S/C23H35NO3/c1-6-22(25)27-21-15-20(8-7-19(21)14-17(4)5)23(26)24-11-9-18(10-12-24)13-16(2)3/h7-8,15-18H,6,9-14H2,1-5H3. The van der Waals surface area contributed by atoms with Crippen molar-refractivity contribution in [3.8, 4) is 5.75 Å². The molecule has 0 radical (unpaired) electrons. The maximum absolute atomic E-state index is 13.0. The van der Waals surface area contributed by atoms with Gasteiger partial charge < -0.3 is 9.64 Å². The van der Waals surface area contributed by atoms with Crippen molar-refractivity contribution >= 4 is 11.9 Å². The van der Waals surface area contributed by atoms with Gasteiger partial charge in [-0.2, -0.15) is 0 Å². The third kappa shape index (κ3) is 6.37. The Morgan fingerprint density at radius 2 is 1.78 bits per heavy atom. The molecule has 1 aromatic carbocycles. The van der Waals surface area contributed by atoms with Crippen LogP contribution in [-0.2, 0) is 11.2 Å². The molecule has 1 saturated heterocycles. The first kappa shape index (κ1) is 21.5. The number of amides is 1. The van der Waals surface area contributed by atoms with Crippen LogP contribution in [0.4, 0.5) is 0 Å². The molecule has 1 aliphatic heterocycles. The van der Waals surface area contributed by atoms with E-state index in [0.717, 1.165) is 43.8 Å². The van der Waals surface area contributed by atoms with Crippen molar-refractivity contribution in [2.45, 2.75) is 66.7 Å². The first-order chi connectivity index (χ1) is 12.8. The minimum atomic E-state index is -0.265. The first-order valence-corrected chi connectivity index (χ1v) is 10.4. The molecule has 27 heavy (non-hydrogen) atoms. The molecule has 4 heteroatoms. The molecule has 0 aromatic heterocycles. The van der Waals surface area contributed by atoms with Crippen LogP contribution < -0.4 is 4.74 Å². The van der Waals surface area contributed by atoms with Gasteiger partial charge in [0, 0.05) is 25.1 Å². The summed E-state index contributed by atoms with van der Waals surface area (Å²) in [5, 5.41) is 0. The highest BCUT2D eigenvalue weighted by Crippen LogP contribution is 2.28. The Morgan fingerprint density at radius 3 is 2.33 bits per heavy atom. The number of carbonyl (C=O) groups excluding carboxylic acids is 2. The van der Waals surface area contributed by atoms with E-state index >= 15 is 0 Å². The number of ether oxygens (including phenoxy) is 1. The Bertz CT molecular complexity index is 643. The van der Waals surface area contributed by atoms with Crippen LogP contribution in [0.25, 0.3) is 0 Å². The summed E-state index contributed by atoms with van der Waals surface area (Å²) in [6.45, 7) is 12.2. The zero-order valence-electron chi connectivity index (χ0n) is 17.6. The summed E-state index contributed by atoms with van der Waals surface area (Å²) in [5.74, 6) is 2.20. The Labute approximate surface area is 164 Å². The molecule has 0 aliphatic carbocycles. The Kier molecular flexibility index (Phi) is 7.88. The fourth-order valence-corrected chi connectivity index (χ4v) is 3.81. The Balaban J connectivity index is 2.11. The molecular formula is C23H35NO3. The SMILES string of the molecule is CCC(=O)Oc1cc(C(=O)N2CCC(CC(C)C)CC2)ccc1CC(C)C. The molecule has 1 aliphatic rings. The van der Waals surface area contributed by atoms with Crippen LogP contribution in [0.1, 0.15) is 76.2 Å². The average molecular weight is 374 g/mol. The third-order valence-corrected chi connectivity index (χ3v) is 5.16. The zero-order chi connectivity index (χ0) is 20.0. The van der Waals surface area contributed by atoms with Crippen molar-refractivity contribution in [1.29, 1.82) is 0 Å². The van der Waals surface area contributed by atoms with Crippen molar-refractivity contribution in [1.82, 2.24) is 4.90 Å². The summed E-state index contributed by atoms with van der Waals surface area (Å²) < 4.78 is 5.52. The number of nitrogens with zero attached hydrogens (tertiary/aromatic N) is 1. The molecule has 150 valence electrons. The van der Waals surface area contributed by atoms with E-state index in [1.54, 1.807) is 13.0 Å². The number of benzene rings is 1. The number of carbonyl (C=O) groups is 2. The summed E-state index contributed by atoms with van der Waals surface area (Å²) in [5.41, 5.74) is 1.60. The van der Waals surface area contributed by atoms with Crippen LogP contribution in [0.5, 0.6) is 5.75 Å². The number of hydrogen-bond donors (Lipinski definition) is 0. The second-order valence-electron chi connectivity index (χ2n) is 8.61. The summed E-state index contributed by atoms with van der Waals surface area (Å²) >= 11 is 0. The second-order valence-corrected chi connectivity index (χ2v) is 8.61. The maximum Gasteiger partial charge on any atom is 0.310 e. The van der Waals surface area contributed by atoms with E-state index in [9.17, 15) is 9.59 Å². The molecule has 2 rings (SSSR count). The number of likely N-dealkylation sites (tertiary alicyclic amines) is 1. The highest BCUT2D eigenvalue weighted by atomic mass is 16.5. The van der Waals surface area contributed by atoms with E-state index < -0.39 is 0 Å². The van der Waals surface area contributed by atoms with Gasteiger partial charge in [0.05, 0.1) is 0 Å². The quantitative estimate of drug-likeness (QED) is 0.493. The lowest BCUT2D eigenvalue weighted by Crippen LogP contribution is -2.38. The number of rotatable bonds is 7.